The number of likely N-dealkylation sites (tertiary alicyclic amines) is 1. The molecule has 166 valence electrons. The lowest BCUT2D eigenvalue weighted by Crippen LogP contribution is -2.39. The minimum atomic E-state index is 0.331. The van der Waals surface area contributed by atoms with Gasteiger partial charge in [0.15, 0.2) is 0 Å². The van der Waals surface area contributed by atoms with Crippen molar-refractivity contribution in [3.63, 3.8) is 0 Å². The first-order chi connectivity index (χ1) is 16.0. The molecule has 5 heteroatoms. The van der Waals surface area contributed by atoms with Crippen LogP contribution in [0.3, 0.4) is 0 Å². The highest BCUT2D eigenvalue weighted by atomic mass is 15.2. The van der Waals surface area contributed by atoms with Gasteiger partial charge in [-0.3, -0.25) is 9.88 Å². The van der Waals surface area contributed by atoms with E-state index in [1.54, 1.807) is 0 Å². The zero-order valence-corrected chi connectivity index (χ0v) is 19.3. The van der Waals surface area contributed by atoms with Crippen LogP contribution < -0.4 is 5.73 Å². The number of nitrogens with zero attached hydrogens (tertiary/aromatic N) is 4. The summed E-state index contributed by atoms with van der Waals surface area (Å²) in [6, 6.07) is 21.2. The number of pyridine rings is 1. The molecule has 0 unspecified atom stereocenters. The summed E-state index contributed by atoms with van der Waals surface area (Å²) in [4.78, 5) is 7.43. The van der Waals surface area contributed by atoms with Gasteiger partial charge in [0.05, 0.1) is 29.0 Å². The summed E-state index contributed by atoms with van der Waals surface area (Å²) in [6.45, 7) is 5.08. The Morgan fingerprint density at radius 3 is 2.36 bits per heavy atom. The molecule has 2 aromatic heterocycles. The van der Waals surface area contributed by atoms with Crippen LogP contribution in [-0.4, -0.2) is 33.6 Å². The van der Waals surface area contributed by atoms with Crippen molar-refractivity contribution in [2.24, 2.45) is 12.8 Å². The number of benzene rings is 2. The van der Waals surface area contributed by atoms with E-state index in [0.29, 0.717) is 11.6 Å². The minimum Gasteiger partial charge on any atom is -0.345 e. The van der Waals surface area contributed by atoms with Crippen molar-refractivity contribution in [3.8, 4) is 28.5 Å². The van der Waals surface area contributed by atoms with Gasteiger partial charge >= 0.3 is 0 Å². The lowest BCUT2D eigenvalue weighted by Gasteiger charge is -2.30. The van der Waals surface area contributed by atoms with Crippen molar-refractivity contribution < 1.29 is 0 Å². The number of aryl methyl sites for hydroxylation is 2. The topological polar surface area (TPSA) is 70.9 Å². The maximum absolute atomic E-state index is 9.26. The van der Waals surface area contributed by atoms with Crippen molar-refractivity contribution >= 4 is 10.9 Å². The zero-order chi connectivity index (χ0) is 22.9. The molecule has 1 saturated heterocycles. The largest absolute Gasteiger partial charge is 0.345 e. The van der Waals surface area contributed by atoms with Crippen LogP contribution in [0.4, 0.5) is 0 Å². The van der Waals surface area contributed by atoms with E-state index in [4.69, 9.17) is 10.7 Å². The molecule has 0 aliphatic carbocycles. The molecule has 0 amide bonds. The second-order valence-corrected chi connectivity index (χ2v) is 9.14. The Balaban J connectivity index is 1.65. The Bertz CT molecular complexity index is 1320. The molecule has 0 saturated carbocycles. The Morgan fingerprint density at radius 1 is 1.03 bits per heavy atom. The van der Waals surface area contributed by atoms with Crippen LogP contribution in [0.15, 0.2) is 60.8 Å². The van der Waals surface area contributed by atoms with Crippen molar-refractivity contribution in [2.45, 2.75) is 32.4 Å². The van der Waals surface area contributed by atoms with Gasteiger partial charge in [0.1, 0.15) is 0 Å². The molecular weight excluding hydrogens is 406 g/mol. The molecule has 0 atom stereocenters. The summed E-state index contributed by atoms with van der Waals surface area (Å²) in [7, 11) is 2.13. The molecule has 0 bridgehead atoms. The standard InChI is InChI=1S/C28H29N5/c1-19-3-7-22(8-4-19)28-27(21-9-5-20(16-29)6-10-21)25-15-24(32(2)26(25)17-31-28)18-33-13-11-23(30)12-14-33/h3-10,15,17,23H,11-14,18,30H2,1-2H3. The van der Waals surface area contributed by atoms with Crippen LogP contribution in [0, 0.1) is 18.3 Å². The highest BCUT2D eigenvalue weighted by Crippen LogP contribution is 2.38. The number of aromatic nitrogens is 2. The third-order valence-electron chi connectivity index (χ3n) is 6.85. The van der Waals surface area contributed by atoms with Gasteiger partial charge in [0.25, 0.3) is 0 Å². The molecule has 1 fully saturated rings. The number of hydrogen-bond acceptors (Lipinski definition) is 4. The highest BCUT2D eigenvalue weighted by Gasteiger charge is 2.20. The summed E-state index contributed by atoms with van der Waals surface area (Å²) >= 11 is 0. The first kappa shape index (κ1) is 21.4. The molecule has 1 aliphatic heterocycles. The predicted molar refractivity (Wildman–Crippen MR) is 134 cm³/mol. The van der Waals surface area contributed by atoms with Gasteiger partial charge in [-0.15, -0.1) is 0 Å². The number of fused-ring (bicyclic) bond motifs is 1. The molecule has 5 rings (SSSR count). The van der Waals surface area contributed by atoms with E-state index in [-0.39, 0.29) is 0 Å². The molecule has 3 heterocycles. The first-order valence-electron chi connectivity index (χ1n) is 11.6. The van der Waals surface area contributed by atoms with E-state index in [1.165, 1.54) is 16.6 Å². The average molecular weight is 436 g/mol. The Hall–Kier alpha value is -3.46. The van der Waals surface area contributed by atoms with Gasteiger partial charge in [-0.05, 0) is 43.5 Å². The number of nitriles is 1. The smallest absolute Gasteiger partial charge is 0.0991 e. The lowest BCUT2D eigenvalue weighted by molar-refractivity contribution is 0.202. The normalized spacial score (nSPS) is 15.1. The second-order valence-electron chi connectivity index (χ2n) is 9.14. The van der Waals surface area contributed by atoms with E-state index < -0.39 is 0 Å². The maximum Gasteiger partial charge on any atom is 0.0991 e. The quantitative estimate of drug-likeness (QED) is 0.489. The van der Waals surface area contributed by atoms with E-state index in [1.807, 2.05) is 30.5 Å². The fourth-order valence-electron chi connectivity index (χ4n) is 4.77. The van der Waals surface area contributed by atoms with Crippen molar-refractivity contribution in [1.82, 2.24) is 14.5 Å². The molecule has 33 heavy (non-hydrogen) atoms. The van der Waals surface area contributed by atoms with Gasteiger partial charge in [0, 0.05) is 54.9 Å². The summed E-state index contributed by atoms with van der Waals surface area (Å²) in [5.41, 5.74) is 14.6. The molecule has 2 aromatic carbocycles. The molecule has 0 spiro atoms. The van der Waals surface area contributed by atoms with Gasteiger partial charge in [0.2, 0.25) is 0 Å². The third kappa shape index (κ3) is 4.16. The van der Waals surface area contributed by atoms with Crippen LogP contribution >= 0.6 is 0 Å². The van der Waals surface area contributed by atoms with E-state index in [0.717, 1.165) is 60.4 Å². The van der Waals surface area contributed by atoms with Crippen LogP contribution in [0.25, 0.3) is 33.3 Å². The molecule has 2 N–H and O–H groups in total. The Labute approximate surface area is 195 Å². The molecule has 5 nitrogen and oxygen atoms in total. The predicted octanol–water partition coefficient (Wildman–Crippen LogP) is 5.01. The van der Waals surface area contributed by atoms with Crippen molar-refractivity contribution in [1.29, 1.82) is 5.26 Å². The summed E-state index contributed by atoms with van der Waals surface area (Å²) < 4.78 is 2.27. The Morgan fingerprint density at radius 2 is 1.70 bits per heavy atom. The minimum absolute atomic E-state index is 0.331. The van der Waals surface area contributed by atoms with Gasteiger partial charge in [-0.1, -0.05) is 42.0 Å². The van der Waals surface area contributed by atoms with E-state index in [9.17, 15) is 5.26 Å². The maximum atomic E-state index is 9.26. The fraction of sp³-hybridized carbons (Fsp3) is 0.286. The van der Waals surface area contributed by atoms with Gasteiger partial charge in [-0.2, -0.15) is 5.26 Å². The summed E-state index contributed by atoms with van der Waals surface area (Å²) in [5.74, 6) is 0. The summed E-state index contributed by atoms with van der Waals surface area (Å²) in [6.07, 6.45) is 4.10. The molecule has 4 aromatic rings. The number of hydrogen-bond donors (Lipinski definition) is 1. The number of rotatable bonds is 4. The second kappa shape index (κ2) is 8.82. The monoisotopic (exact) mass is 435 g/mol. The van der Waals surface area contributed by atoms with Crippen LogP contribution in [-0.2, 0) is 13.6 Å². The average Bonchev–Trinajstić information content (AvgIpc) is 3.15. The van der Waals surface area contributed by atoms with E-state index in [2.05, 4.69) is 59.8 Å². The van der Waals surface area contributed by atoms with Gasteiger partial charge < -0.3 is 10.3 Å². The lowest BCUT2D eigenvalue weighted by atomic mass is 9.95. The number of piperidine rings is 1. The van der Waals surface area contributed by atoms with Crippen LogP contribution in [0.5, 0.6) is 0 Å². The van der Waals surface area contributed by atoms with Crippen molar-refractivity contribution in [2.75, 3.05) is 13.1 Å². The van der Waals surface area contributed by atoms with E-state index >= 15 is 0 Å². The number of nitrogens with two attached hydrogens (primary N) is 1. The van der Waals surface area contributed by atoms with Gasteiger partial charge in [-0.25, -0.2) is 0 Å². The first-order valence-corrected chi connectivity index (χ1v) is 11.6. The third-order valence-corrected chi connectivity index (χ3v) is 6.85. The van der Waals surface area contributed by atoms with Crippen molar-refractivity contribution in [3.05, 3.63) is 77.6 Å². The molecule has 0 radical (unpaired) electrons. The summed E-state index contributed by atoms with van der Waals surface area (Å²) in [5, 5.41) is 10.5. The zero-order valence-electron chi connectivity index (χ0n) is 19.3. The fourth-order valence-corrected chi connectivity index (χ4v) is 4.77. The van der Waals surface area contributed by atoms with Crippen LogP contribution in [0.1, 0.15) is 29.7 Å². The molecular formula is C28H29N5. The van der Waals surface area contributed by atoms with Crippen LogP contribution in [0.2, 0.25) is 0 Å². The Kier molecular flexibility index (Phi) is 5.72. The SMILES string of the molecule is Cc1ccc(-c2ncc3c(cc(CN4CCC(N)CC4)n3C)c2-c2ccc(C#N)cc2)cc1. The highest BCUT2D eigenvalue weighted by molar-refractivity contribution is 6.02. The molecule has 1 aliphatic rings.